The van der Waals surface area contributed by atoms with Gasteiger partial charge >= 0.3 is 0 Å². The summed E-state index contributed by atoms with van der Waals surface area (Å²) in [5.41, 5.74) is 8.74. The van der Waals surface area contributed by atoms with Crippen molar-refractivity contribution in [3.05, 3.63) is 12.0 Å². The van der Waals surface area contributed by atoms with Gasteiger partial charge in [0.1, 0.15) is 5.82 Å². The van der Waals surface area contributed by atoms with Crippen molar-refractivity contribution < 1.29 is 4.79 Å². The number of nitrogens with two attached hydrogens (primary N) is 1. The van der Waals surface area contributed by atoms with Gasteiger partial charge in [-0.3, -0.25) is 10.2 Å². The monoisotopic (exact) mass is 328 g/mol. The van der Waals surface area contributed by atoms with Crippen LogP contribution in [0.25, 0.3) is 0 Å². The second-order valence-corrected chi connectivity index (χ2v) is 6.83. The van der Waals surface area contributed by atoms with Crippen LogP contribution in [-0.4, -0.2) is 21.2 Å². The van der Waals surface area contributed by atoms with Crippen LogP contribution in [0.3, 0.4) is 0 Å². The van der Waals surface area contributed by atoms with Gasteiger partial charge in [-0.05, 0) is 18.4 Å². The van der Waals surface area contributed by atoms with Gasteiger partial charge in [0.2, 0.25) is 5.91 Å². The summed E-state index contributed by atoms with van der Waals surface area (Å²) in [5, 5.41) is 1.46. The number of carbonyl (C=O) groups excluding carboxylic acids is 1. The molecule has 1 heterocycles. The molecule has 0 saturated heterocycles. The van der Waals surface area contributed by atoms with E-state index in [1.54, 1.807) is 22.7 Å². The molecule has 0 aliphatic carbocycles. The SMILES string of the molecule is CCCCCCCCCCCCSN1NC=C(N)N1C(C)=O. The smallest absolute Gasteiger partial charge is 0.241 e. The van der Waals surface area contributed by atoms with E-state index >= 15 is 0 Å². The van der Waals surface area contributed by atoms with Crippen LogP contribution in [0.1, 0.15) is 78.1 Å². The standard InChI is InChI=1S/C16H32N4OS/c1-3-4-5-6-7-8-9-10-11-12-13-22-20-18-14-16(17)19(20)15(2)21/h14,18H,3-13,17H2,1-2H3. The van der Waals surface area contributed by atoms with Crippen molar-refractivity contribution in [3.8, 4) is 0 Å². The van der Waals surface area contributed by atoms with Gasteiger partial charge in [-0.25, -0.2) is 0 Å². The third-order valence-electron chi connectivity index (χ3n) is 3.76. The molecule has 6 heteroatoms. The predicted molar refractivity (Wildman–Crippen MR) is 94.1 cm³/mol. The Labute approximate surface area is 139 Å². The molecule has 0 aromatic carbocycles. The summed E-state index contributed by atoms with van der Waals surface area (Å²) in [6.07, 6.45) is 15.0. The fourth-order valence-electron chi connectivity index (χ4n) is 2.49. The van der Waals surface area contributed by atoms with Gasteiger partial charge in [0.25, 0.3) is 0 Å². The van der Waals surface area contributed by atoms with E-state index in [1.165, 1.54) is 76.1 Å². The van der Waals surface area contributed by atoms with E-state index in [2.05, 4.69) is 12.3 Å². The van der Waals surface area contributed by atoms with Crippen molar-refractivity contribution in [2.75, 3.05) is 5.75 Å². The van der Waals surface area contributed by atoms with Gasteiger partial charge in [0, 0.05) is 12.7 Å². The number of rotatable bonds is 12. The summed E-state index contributed by atoms with van der Waals surface area (Å²) in [5.74, 6) is 1.37. The Morgan fingerprint density at radius 2 is 1.64 bits per heavy atom. The Kier molecular flexibility index (Phi) is 10.2. The van der Waals surface area contributed by atoms with Crippen LogP contribution in [0.4, 0.5) is 0 Å². The molecule has 0 fully saturated rings. The van der Waals surface area contributed by atoms with Crippen LogP contribution < -0.4 is 11.2 Å². The van der Waals surface area contributed by atoms with Crippen LogP contribution >= 0.6 is 11.9 Å². The van der Waals surface area contributed by atoms with Crippen molar-refractivity contribution in [1.82, 2.24) is 15.0 Å². The first kappa shape index (κ1) is 19.2. The molecule has 0 spiro atoms. The van der Waals surface area contributed by atoms with Crippen molar-refractivity contribution in [2.45, 2.75) is 78.1 Å². The molecule has 0 aromatic heterocycles. The molecule has 1 amide bonds. The number of hydrazine groups is 2. The minimum atomic E-state index is -0.0747. The first-order valence-corrected chi connectivity index (χ1v) is 9.56. The zero-order chi connectivity index (χ0) is 16.2. The Morgan fingerprint density at radius 3 is 2.18 bits per heavy atom. The van der Waals surface area contributed by atoms with Crippen LogP contribution in [0, 0.1) is 0 Å². The summed E-state index contributed by atoms with van der Waals surface area (Å²) >= 11 is 1.60. The minimum absolute atomic E-state index is 0.0747. The normalized spacial score (nSPS) is 15.0. The lowest BCUT2D eigenvalue weighted by atomic mass is 10.1. The van der Waals surface area contributed by atoms with Crippen molar-refractivity contribution in [2.24, 2.45) is 5.73 Å². The molecule has 1 aliphatic rings. The molecule has 22 heavy (non-hydrogen) atoms. The van der Waals surface area contributed by atoms with E-state index in [-0.39, 0.29) is 5.91 Å². The lowest BCUT2D eigenvalue weighted by Gasteiger charge is -2.25. The summed E-state index contributed by atoms with van der Waals surface area (Å²) in [6, 6.07) is 0. The van der Waals surface area contributed by atoms with Crippen LogP contribution in [-0.2, 0) is 4.79 Å². The van der Waals surface area contributed by atoms with Crippen molar-refractivity contribution in [1.29, 1.82) is 0 Å². The highest BCUT2D eigenvalue weighted by atomic mass is 32.2. The molecule has 1 aliphatic heterocycles. The largest absolute Gasteiger partial charge is 0.383 e. The lowest BCUT2D eigenvalue weighted by Crippen LogP contribution is -2.42. The van der Waals surface area contributed by atoms with Gasteiger partial charge in [-0.2, -0.15) is 5.01 Å². The highest BCUT2D eigenvalue weighted by molar-refractivity contribution is 7.96. The third kappa shape index (κ3) is 7.40. The summed E-state index contributed by atoms with van der Waals surface area (Å²) < 4.78 is 1.71. The van der Waals surface area contributed by atoms with Gasteiger partial charge in [-0.1, -0.05) is 69.2 Å². The van der Waals surface area contributed by atoms with Gasteiger partial charge in [0.05, 0.1) is 6.20 Å². The van der Waals surface area contributed by atoms with E-state index < -0.39 is 0 Å². The Bertz CT molecular complexity index is 349. The maximum atomic E-state index is 11.5. The zero-order valence-corrected chi connectivity index (χ0v) is 15.0. The van der Waals surface area contributed by atoms with Gasteiger partial charge in [-0.15, -0.1) is 0 Å². The molecule has 0 atom stereocenters. The molecule has 0 aromatic rings. The number of carbonyl (C=O) groups is 1. The molecule has 128 valence electrons. The van der Waals surface area contributed by atoms with Crippen LogP contribution in [0.15, 0.2) is 12.0 Å². The summed E-state index contributed by atoms with van der Waals surface area (Å²) in [6.45, 7) is 3.78. The van der Waals surface area contributed by atoms with Gasteiger partial charge < -0.3 is 5.73 Å². The fourth-order valence-corrected chi connectivity index (χ4v) is 3.45. The number of nitrogens with one attached hydrogen (secondary N) is 1. The molecule has 0 radical (unpaired) electrons. The number of unbranched alkanes of at least 4 members (excludes halogenated alkanes) is 9. The second kappa shape index (κ2) is 11.7. The number of hydrogen-bond donors (Lipinski definition) is 2. The maximum Gasteiger partial charge on any atom is 0.241 e. The van der Waals surface area contributed by atoms with Crippen molar-refractivity contribution in [3.63, 3.8) is 0 Å². The molecule has 3 N–H and O–H groups in total. The molecular weight excluding hydrogens is 296 g/mol. The van der Waals surface area contributed by atoms with Crippen molar-refractivity contribution >= 4 is 17.9 Å². The summed E-state index contributed by atoms with van der Waals surface area (Å²) in [4.78, 5) is 11.5. The first-order valence-electron chi connectivity index (χ1n) is 8.62. The highest BCUT2D eigenvalue weighted by Crippen LogP contribution is 2.20. The van der Waals surface area contributed by atoms with Gasteiger partial charge in [0.15, 0.2) is 0 Å². The number of hydrogen-bond acceptors (Lipinski definition) is 5. The van der Waals surface area contributed by atoms with E-state index in [0.29, 0.717) is 5.82 Å². The number of nitrogens with zero attached hydrogens (tertiary/aromatic N) is 2. The lowest BCUT2D eigenvalue weighted by molar-refractivity contribution is -0.134. The average molecular weight is 329 g/mol. The first-order chi connectivity index (χ1) is 10.7. The Hall–Kier alpha value is -0.880. The molecule has 0 unspecified atom stereocenters. The van der Waals surface area contributed by atoms with Crippen LogP contribution in [0.5, 0.6) is 0 Å². The highest BCUT2D eigenvalue weighted by Gasteiger charge is 2.25. The molecule has 1 rings (SSSR count). The average Bonchev–Trinajstić information content (AvgIpc) is 2.86. The number of amides is 1. The quantitative estimate of drug-likeness (QED) is 0.420. The summed E-state index contributed by atoms with van der Waals surface area (Å²) in [7, 11) is 0. The minimum Gasteiger partial charge on any atom is -0.383 e. The zero-order valence-electron chi connectivity index (χ0n) is 14.1. The Balaban J connectivity index is 1.93. The van der Waals surface area contributed by atoms with E-state index in [0.717, 1.165) is 5.75 Å². The van der Waals surface area contributed by atoms with Crippen LogP contribution in [0.2, 0.25) is 0 Å². The van der Waals surface area contributed by atoms with E-state index in [1.807, 2.05) is 0 Å². The second-order valence-electron chi connectivity index (χ2n) is 5.82. The molecular formula is C16H32N4OS. The molecule has 5 nitrogen and oxygen atoms in total. The van der Waals surface area contributed by atoms with E-state index in [4.69, 9.17) is 5.73 Å². The fraction of sp³-hybridized carbons (Fsp3) is 0.812. The Morgan fingerprint density at radius 1 is 1.09 bits per heavy atom. The molecule has 0 saturated carbocycles. The van der Waals surface area contributed by atoms with E-state index in [9.17, 15) is 4.79 Å². The topological polar surface area (TPSA) is 61.6 Å². The molecule has 0 bridgehead atoms. The predicted octanol–water partition coefficient (Wildman–Crippen LogP) is 3.90. The third-order valence-corrected chi connectivity index (χ3v) is 4.74. The maximum absolute atomic E-state index is 11.5.